The van der Waals surface area contributed by atoms with Crippen LogP contribution in [0.1, 0.15) is 0 Å². The van der Waals surface area contributed by atoms with Crippen molar-refractivity contribution in [1.82, 2.24) is 14.7 Å². The lowest BCUT2D eigenvalue weighted by atomic mass is 10.0. The van der Waals surface area contributed by atoms with E-state index in [0.29, 0.717) is 44.7 Å². The zero-order chi connectivity index (χ0) is 16.3. The highest BCUT2D eigenvalue weighted by molar-refractivity contribution is 5.89. The molecule has 3 saturated heterocycles. The van der Waals surface area contributed by atoms with Gasteiger partial charge in [0, 0.05) is 45.6 Å². The molecular weight excluding hydrogens is 298 g/mol. The van der Waals surface area contributed by atoms with E-state index in [4.69, 9.17) is 4.74 Å². The summed E-state index contributed by atoms with van der Waals surface area (Å²) in [6, 6.07) is 0. The smallest absolute Gasteiger partial charge is 0.241 e. The van der Waals surface area contributed by atoms with Gasteiger partial charge in [-0.1, -0.05) is 0 Å². The molecule has 3 amide bonds. The summed E-state index contributed by atoms with van der Waals surface area (Å²) < 4.78 is 5.34. The van der Waals surface area contributed by atoms with Crippen molar-refractivity contribution < 1.29 is 19.1 Å². The first-order valence-corrected chi connectivity index (χ1v) is 8.33. The van der Waals surface area contributed by atoms with Crippen LogP contribution in [0.4, 0.5) is 0 Å². The third-order valence-corrected chi connectivity index (χ3v) is 5.90. The summed E-state index contributed by atoms with van der Waals surface area (Å²) in [5.41, 5.74) is 0. The maximum atomic E-state index is 12.6. The number of carbonyl (C=O) groups excluding carboxylic acids is 3. The molecule has 1 unspecified atom stereocenters. The van der Waals surface area contributed by atoms with Crippen LogP contribution in [-0.4, -0.2) is 85.9 Å². The molecule has 3 aliphatic heterocycles. The van der Waals surface area contributed by atoms with E-state index in [1.807, 2.05) is 4.90 Å². The first kappa shape index (κ1) is 14.9. The van der Waals surface area contributed by atoms with E-state index in [1.165, 1.54) is 4.90 Å². The molecule has 126 valence electrons. The number of nitrogens with zero attached hydrogens (tertiary/aromatic N) is 3. The second-order valence-electron chi connectivity index (χ2n) is 7.51. The van der Waals surface area contributed by atoms with Gasteiger partial charge in [-0.25, -0.2) is 0 Å². The summed E-state index contributed by atoms with van der Waals surface area (Å²) in [5, 5.41) is 0. The van der Waals surface area contributed by atoms with Gasteiger partial charge in [0.2, 0.25) is 17.7 Å². The zero-order valence-corrected chi connectivity index (χ0v) is 13.6. The molecule has 0 spiro atoms. The van der Waals surface area contributed by atoms with Gasteiger partial charge in [-0.2, -0.15) is 0 Å². The van der Waals surface area contributed by atoms with Gasteiger partial charge in [-0.05, 0) is 11.8 Å². The fourth-order valence-electron chi connectivity index (χ4n) is 4.39. The van der Waals surface area contributed by atoms with Crippen molar-refractivity contribution in [3.05, 3.63) is 0 Å². The van der Waals surface area contributed by atoms with Crippen LogP contribution in [0.15, 0.2) is 0 Å². The van der Waals surface area contributed by atoms with Gasteiger partial charge in [-0.3, -0.25) is 14.4 Å². The maximum Gasteiger partial charge on any atom is 0.241 e. The molecule has 23 heavy (non-hydrogen) atoms. The highest BCUT2D eigenvalue weighted by Crippen LogP contribution is 2.52. The summed E-state index contributed by atoms with van der Waals surface area (Å²) in [6.45, 7) is 3.33. The average molecular weight is 321 g/mol. The van der Waals surface area contributed by atoms with Crippen molar-refractivity contribution in [3.63, 3.8) is 0 Å². The second-order valence-corrected chi connectivity index (χ2v) is 7.51. The number of fused-ring (bicyclic) bond motifs is 2. The molecule has 4 fully saturated rings. The standard InChI is InChI=1S/C16H23N3O4/c1-17(2)13(20)6-19-4-9-3-18(5-10(9)15(19)21)16(22)14-11-7-23-8-12(11)14/h9-12,14H,3-8H2,1-2H3/t9-,10-,11-,12+,14?/m0/s1. The molecule has 0 N–H and O–H groups in total. The highest BCUT2D eigenvalue weighted by Gasteiger charge is 2.60. The molecule has 3 heterocycles. The normalized spacial score (nSPS) is 37.8. The number of likely N-dealkylation sites (tertiary alicyclic amines) is 2. The van der Waals surface area contributed by atoms with Crippen molar-refractivity contribution in [2.45, 2.75) is 0 Å². The lowest BCUT2D eigenvalue weighted by Crippen LogP contribution is -2.41. The van der Waals surface area contributed by atoms with Gasteiger partial charge in [0.15, 0.2) is 0 Å². The Hall–Kier alpha value is -1.63. The van der Waals surface area contributed by atoms with Crippen LogP contribution in [-0.2, 0) is 19.1 Å². The van der Waals surface area contributed by atoms with Crippen LogP contribution in [0.5, 0.6) is 0 Å². The van der Waals surface area contributed by atoms with Crippen LogP contribution < -0.4 is 0 Å². The van der Waals surface area contributed by atoms with Gasteiger partial charge < -0.3 is 19.4 Å². The van der Waals surface area contributed by atoms with Crippen LogP contribution in [0, 0.1) is 29.6 Å². The molecular formula is C16H23N3O4. The second kappa shape index (κ2) is 5.19. The van der Waals surface area contributed by atoms with Crippen LogP contribution in [0.25, 0.3) is 0 Å². The Morgan fingerprint density at radius 1 is 1.17 bits per heavy atom. The van der Waals surface area contributed by atoms with Crippen molar-refractivity contribution in [3.8, 4) is 0 Å². The number of carbonyl (C=O) groups is 3. The Kier molecular flexibility index (Phi) is 3.37. The number of likely N-dealkylation sites (N-methyl/N-ethyl adjacent to an activating group) is 1. The lowest BCUT2D eigenvalue weighted by molar-refractivity contribution is -0.139. The minimum absolute atomic E-state index is 0.0276. The summed E-state index contributed by atoms with van der Waals surface area (Å²) in [4.78, 5) is 41.9. The Bertz CT molecular complexity index is 554. The average Bonchev–Trinajstić information content (AvgIpc) is 2.89. The van der Waals surface area contributed by atoms with Crippen molar-refractivity contribution in [2.24, 2.45) is 29.6 Å². The molecule has 0 aromatic carbocycles. The summed E-state index contributed by atoms with van der Waals surface area (Å²) in [6.07, 6.45) is 0. The molecule has 0 aromatic rings. The Morgan fingerprint density at radius 3 is 2.48 bits per heavy atom. The van der Waals surface area contributed by atoms with Gasteiger partial charge >= 0.3 is 0 Å². The first-order chi connectivity index (χ1) is 11.0. The highest BCUT2D eigenvalue weighted by atomic mass is 16.5. The van der Waals surface area contributed by atoms with Gasteiger partial charge in [-0.15, -0.1) is 0 Å². The monoisotopic (exact) mass is 321 g/mol. The predicted molar refractivity (Wildman–Crippen MR) is 80.1 cm³/mol. The number of hydrogen-bond acceptors (Lipinski definition) is 4. The van der Waals surface area contributed by atoms with E-state index in [1.54, 1.807) is 19.0 Å². The number of ether oxygens (including phenoxy) is 1. The fourth-order valence-corrected chi connectivity index (χ4v) is 4.39. The molecule has 0 radical (unpaired) electrons. The summed E-state index contributed by atoms with van der Waals surface area (Å²) >= 11 is 0. The molecule has 4 aliphatic rings. The molecule has 1 aliphatic carbocycles. The first-order valence-electron chi connectivity index (χ1n) is 8.33. The Balaban J connectivity index is 1.35. The van der Waals surface area contributed by atoms with Crippen molar-refractivity contribution in [1.29, 1.82) is 0 Å². The van der Waals surface area contributed by atoms with E-state index in [2.05, 4.69) is 0 Å². The summed E-state index contributed by atoms with van der Waals surface area (Å²) in [5.74, 6) is 1.18. The largest absolute Gasteiger partial charge is 0.381 e. The van der Waals surface area contributed by atoms with Crippen LogP contribution in [0.3, 0.4) is 0 Å². The SMILES string of the molecule is CN(C)C(=O)CN1C[C@@H]2CN(C(=O)C3[C@H]4COC[C@@H]34)C[C@@H]2C1=O. The molecule has 1 saturated carbocycles. The van der Waals surface area contributed by atoms with Gasteiger partial charge in [0.25, 0.3) is 0 Å². The van der Waals surface area contributed by atoms with E-state index in [-0.39, 0.29) is 42.0 Å². The molecule has 0 bridgehead atoms. The van der Waals surface area contributed by atoms with E-state index < -0.39 is 0 Å². The maximum absolute atomic E-state index is 12.6. The van der Waals surface area contributed by atoms with E-state index >= 15 is 0 Å². The lowest BCUT2D eigenvalue weighted by Gasteiger charge is -2.23. The fraction of sp³-hybridized carbons (Fsp3) is 0.812. The molecule has 7 nitrogen and oxygen atoms in total. The van der Waals surface area contributed by atoms with E-state index in [0.717, 1.165) is 0 Å². The third kappa shape index (κ3) is 2.33. The topological polar surface area (TPSA) is 70.2 Å². The van der Waals surface area contributed by atoms with Crippen molar-refractivity contribution in [2.75, 3.05) is 53.5 Å². The van der Waals surface area contributed by atoms with Crippen molar-refractivity contribution >= 4 is 17.7 Å². The van der Waals surface area contributed by atoms with Gasteiger partial charge in [0.1, 0.15) is 0 Å². The Morgan fingerprint density at radius 2 is 1.87 bits per heavy atom. The predicted octanol–water partition coefficient (Wildman–Crippen LogP) is -1.12. The number of rotatable bonds is 3. The molecule has 5 atom stereocenters. The molecule has 7 heteroatoms. The minimum Gasteiger partial charge on any atom is -0.381 e. The van der Waals surface area contributed by atoms with Crippen LogP contribution >= 0.6 is 0 Å². The quantitative estimate of drug-likeness (QED) is 0.660. The van der Waals surface area contributed by atoms with Gasteiger partial charge in [0.05, 0.1) is 25.7 Å². The Labute approximate surface area is 135 Å². The van der Waals surface area contributed by atoms with Crippen LogP contribution in [0.2, 0.25) is 0 Å². The molecule has 0 aromatic heterocycles. The number of hydrogen-bond donors (Lipinski definition) is 0. The zero-order valence-electron chi connectivity index (χ0n) is 13.6. The minimum atomic E-state index is -0.122. The van der Waals surface area contributed by atoms with E-state index in [9.17, 15) is 14.4 Å². The third-order valence-electron chi connectivity index (χ3n) is 5.90. The summed E-state index contributed by atoms with van der Waals surface area (Å²) in [7, 11) is 3.39. The molecule has 4 rings (SSSR count). The number of amides is 3.